The number of amides is 3. The van der Waals surface area contributed by atoms with Crippen LogP contribution in [0.1, 0.15) is 53.4 Å². The van der Waals surface area contributed by atoms with E-state index in [1.807, 2.05) is 28.7 Å². The lowest BCUT2D eigenvalue weighted by molar-refractivity contribution is -0.164. The smallest absolute Gasteiger partial charge is 0.306 e. The maximum atomic E-state index is 14.1. The average Bonchev–Trinajstić information content (AvgIpc) is 3.49. The van der Waals surface area contributed by atoms with Crippen molar-refractivity contribution in [2.24, 2.45) is 0 Å². The van der Waals surface area contributed by atoms with E-state index in [2.05, 4.69) is 20.9 Å². The van der Waals surface area contributed by atoms with Gasteiger partial charge in [0, 0.05) is 37.7 Å². The van der Waals surface area contributed by atoms with Crippen molar-refractivity contribution < 1.29 is 43.0 Å². The maximum Gasteiger partial charge on any atom is 0.306 e. The summed E-state index contributed by atoms with van der Waals surface area (Å²) in [5.74, 6) is -2.46. The van der Waals surface area contributed by atoms with Crippen molar-refractivity contribution in [3.63, 3.8) is 0 Å². The second-order valence-electron chi connectivity index (χ2n) is 11.0. The minimum atomic E-state index is -1.57. The van der Waals surface area contributed by atoms with E-state index in [1.54, 1.807) is 31.2 Å². The van der Waals surface area contributed by atoms with E-state index >= 15 is 0 Å². The summed E-state index contributed by atoms with van der Waals surface area (Å²) in [4.78, 5) is 82.0. The molecule has 2 aromatic rings. The Morgan fingerprint density at radius 1 is 0.938 bits per heavy atom. The zero-order valence-electron chi connectivity index (χ0n) is 27.7. The SMILES string of the molecule is COC[C@H](NC(=O)c1cnc(C)s1)C(=O)N[C@@H](COC)C(=O)N[C@@H](Cc1ccccc1)C(=O)[C@@](C)(CI)OC(=O)CCCCSC(C)=O. The van der Waals surface area contributed by atoms with Gasteiger partial charge >= 0.3 is 5.97 Å². The highest BCUT2D eigenvalue weighted by molar-refractivity contribution is 14.1. The number of rotatable bonds is 21. The molecule has 0 bridgehead atoms. The number of Topliss-reactive ketones (excluding diaryl/α,β-unsaturated/α-hetero) is 1. The van der Waals surface area contributed by atoms with Crippen LogP contribution in [-0.4, -0.2) is 101 Å². The lowest BCUT2D eigenvalue weighted by atomic mass is 9.91. The van der Waals surface area contributed by atoms with Crippen molar-refractivity contribution in [1.29, 1.82) is 0 Å². The number of ether oxygens (including phenoxy) is 3. The monoisotopic (exact) mass is 818 g/mol. The molecular formula is C32H43IN4O9S2. The Morgan fingerprint density at radius 2 is 1.54 bits per heavy atom. The summed E-state index contributed by atoms with van der Waals surface area (Å²) in [5.41, 5.74) is -0.823. The number of nitrogens with one attached hydrogen (secondary N) is 3. The van der Waals surface area contributed by atoms with E-state index in [0.29, 0.717) is 28.5 Å². The molecule has 2 rings (SSSR count). The first-order valence-corrected chi connectivity index (χ1v) is 18.5. The van der Waals surface area contributed by atoms with Crippen LogP contribution in [0.4, 0.5) is 0 Å². The third-order valence-corrected chi connectivity index (χ3v) is 10.1. The Morgan fingerprint density at radius 3 is 2.08 bits per heavy atom. The fourth-order valence-electron chi connectivity index (χ4n) is 4.40. The summed E-state index contributed by atoms with van der Waals surface area (Å²) in [6.45, 7) is 4.31. The molecule has 1 aromatic heterocycles. The molecule has 1 aromatic carbocycles. The average molecular weight is 819 g/mol. The van der Waals surface area contributed by atoms with Crippen LogP contribution in [0.15, 0.2) is 36.5 Å². The highest BCUT2D eigenvalue weighted by Gasteiger charge is 2.42. The van der Waals surface area contributed by atoms with Gasteiger partial charge in [0.2, 0.25) is 11.8 Å². The molecule has 16 heteroatoms. The van der Waals surface area contributed by atoms with Crippen LogP contribution in [0.25, 0.3) is 0 Å². The fraction of sp³-hybridized carbons (Fsp3) is 0.531. The number of thioether (sulfide) groups is 1. The second-order valence-corrected chi connectivity index (χ2v) is 14.3. The number of aryl methyl sites for hydroxylation is 1. The van der Waals surface area contributed by atoms with Gasteiger partial charge in [-0.2, -0.15) is 0 Å². The predicted octanol–water partition coefficient (Wildman–Crippen LogP) is 2.81. The molecule has 48 heavy (non-hydrogen) atoms. The van der Waals surface area contributed by atoms with Gasteiger partial charge in [0.25, 0.3) is 5.91 Å². The molecule has 0 unspecified atom stereocenters. The highest BCUT2D eigenvalue weighted by atomic mass is 127. The van der Waals surface area contributed by atoms with Crippen LogP contribution in [0.2, 0.25) is 0 Å². The number of unbranched alkanes of at least 4 members (excludes halogenated alkanes) is 1. The van der Waals surface area contributed by atoms with Gasteiger partial charge in [-0.1, -0.05) is 64.7 Å². The van der Waals surface area contributed by atoms with E-state index in [0.717, 1.165) is 16.9 Å². The number of esters is 1. The standard InChI is InChI=1S/C32H43IN4O9S2/c1-20-34-16-26(48-20)31(43)37-25(18-45-5)30(42)36-24(17-44-4)29(41)35-23(15-22-11-7-6-8-12-22)28(40)32(3,19-33)46-27(39)13-9-10-14-47-21(2)38/h6-8,11-12,16,23-25H,9-10,13-15,17-19H2,1-5H3,(H,35,41)(H,36,42)(H,37,43)/t23-,24-,25-,32+/m0/s1. The second kappa shape index (κ2) is 21.2. The van der Waals surface area contributed by atoms with Gasteiger partial charge in [0.15, 0.2) is 16.5 Å². The van der Waals surface area contributed by atoms with Crippen molar-refractivity contribution in [1.82, 2.24) is 20.9 Å². The topological polar surface area (TPSA) is 179 Å². The first kappa shape index (κ1) is 41.2. The number of hydrogen-bond donors (Lipinski definition) is 3. The molecule has 4 atom stereocenters. The molecule has 13 nitrogen and oxygen atoms in total. The van der Waals surface area contributed by atoms with Crippen molar-refractivity contribution >= 4 is 80.3 Å². The minimum absolute atomic E-state index is 0.00279. The van der Waals surface area contributed by atoms with Gasteiger partial charge in [-0.15, -0.1) is 11.3 Å². The third kappa shape index (κ3) is 13.9. The Labute approximate surface area is 302 Å². The number of halogens is 1. The predicted molar refractivity (Wildman–Crippen MR) is 191 cm³/mol. The summed E-state index contributed by atoms with van der Waals surface area (Å²) < 4.78 is 16.2. The number of methoxy groups -OCH3 is 2. The van der Waals surface area contributed by atoms with Crippen LogP contribution >= 0.6 is 45.7 Å². The minimum Gasteiger partial charge on any atom is -0.450 e. The molecule has 0 saturated carbocycles. The molecule has 3 amide bonds. The van der Waals surface area contributed by atoms with Gasteiger partial charge in [0.1, 0.15) is 17.0 Å². The van der Waals surface area contributed by atoms with E-state index in [9.17, 15) is 28.8 Å². The van der Waals surface area contributed by atoms with Gasteiger partial charge in [-0.25, -0.2) is 4.98 Å². The number of carbonyl (C=O) groups is 6. The molecule has 0 aliphatic rings. The number of aromatic nitrogens is 1. The Bertz CT molecular complexity index is 1390. The van der Waals surface area contributed by atoms with Crippen LogP contribution in [0.5, 0.6) is 0 Å². The number of carbonyl (C=O) groups excluding carboxylic acids is 6. The van der Waals surface area contributed by atoms with Crippen molar-refractivity contribution in [2.75, 3.05) is 37.6 Å². The normalized spacial score (nSPS) is 14.1. The molecule has 0 aliphatic carbocycles. The zero-order valence-corrected chi connectivity index (χ0v) is 31.5. The van der Waals surface area contributed by atoms with E-state index in [4.69, 9.17) is 14.2 Å². The number of ketones is 1. The molecule has 264 valence electrons. The van der Waals surface area contributed by atoms with Gasteiger partial charge in [0.05, 0.1) is 30.5 Å². The van der Waals surface area contributed by atoms with Crippen molar-refractivity contribution in [2.45, 2.75) is 70.2 Å². The number of thiazole rings is 1. The summed E-state index contributed by atoms with van der Waals surface area (Å²) in [6, 6.07) is 5.48. The van der Waals surface area contributed by atoms with Gasteiger partial charge < -0.3 is 30.2 Å². The molecule has 0 aliphatic heterocycles. The van der Waals surface area contributed by atoms with Crippen molar-refractivity contribution in [3.05, 3.63) is 52.0 Å². The summed E-state index contributed by atoms with van der Waals surface area (Å²) in [6.07, 6.45) is 2.67. The third-order valence-electron chi connectivity index (χ3n) is 6.88. The molecule has 0 fully saturated rings. The van der Waals surface area contributed by atoms with E-state index in [1.165, 1.54) is 46.0 Å². The summed E-state index contributed by atoms with van der Waals surface area (Å²) in [7, 11) is 2.72. The summed E-state index contributed by atoms with van der Waals surface area (Å²) in [5, 5.41) is 8.62. The number of nitrogens with zero attached hydrogens (tertiary/aromatic N) is 1. The Hall–Kier alpha value is -2.93. The first-order chi connectivity index (χ1) is 22.8. The Kier molecular flexibility index (Phi) is 18.2. The molecule has 3 N–H and O–H groups in total. The number of alkyl halides is 1. The van der Waals surface area contributed by atoms with E-state index < -0.39 is 53.2 Å². The zero-order chi connectivity index (χ0) is 35.7. The van der Waals surface area contributed by atoms with Gasteiger partial charge in [-0.05, 0) is 38.7 Å². The molecule has 0 saturated heterocycles. The summed E-state index contributed by atoms with van der Waals surface area (Å²) >= 11 is 4.31. The van der Waals surface area contributed by atoms with Crippen LogP contribution in [0, 0.1) is 6.92 Å². The lowest BCUT2D eigenvalue weighted by Gasteiger charge is -2.31. The largest absolute Gasteiger partial charge is 0.450 e. The fourth-order valence-corrected chi connectivity index (χ4v) is 6.25. The lowest BCUT2D eigenvalue weighted by Crippen LogP contribution is -2.60. The molecular weight excluding hydrogens is 775 g/mol. The first-order valence-electron chi connectivity index (χ1n) is 15.1. The van der Waals surface area contributed by atoms with Crippen LogP contribution in [0.3, 0.4) is 0 Å². The molecule has 1 heterocycles. The maximum absolute atomic E-state index is 14.1. The van der Waals surface area contributed by atoms with E-state index in [-0.39, 0.29) is 35.6 Å². The number of benzene rings is 1. The highest BCUT2D eigenvalue weighted by Crippen LogP contribution is 2.22. The molecule has 0 radical (unpaired) electrons. The van der Waals surface area contributed by atoms with Gasteiger partial charge in [-0.3, -0.25) is 28.8 Å². The van der Waals surface area contributed by atoms with Crippen LogP contribution in [-0.2, 0) is 44.6 Å². The molecule has 0 spiro atoms. The number of hydrogen-bond acceptors (Lipinski definition) is 12. The quantitative estimate of drug-likeness (QED) is 0.0731. The van der Waals surface area contributed by atoms with Crippen LogP contribution < -0.4 is 16.0 Å². The Balaban J connectivity index is 2.22. The van der Waals surface area contributed by atoms with Crippen molar-refractivity contribution in [3.8, 4) is 0 Å².